The Bertz CT molecular complexity index is 1240. The monoisotopic (exact) mass is 379 g/mol. The van der Waals surface area contributed by atoms with E-state index in [0.29, 0.717) is 11.3 Å². The molecule has 0 radical (unpaired) electrons. The van der Waals surface area contributed by atoms with Gasteiger partial charge in [-0.25, -0.2) is 0 Å². The van der Waals surface area contributed by atoms with E-state index >= 15 is 0 Å². The Morgan fingerprint density at radius 1 is 0.724 bits per heavy atom. The maximum absolute atomic E-state index is 10.2. The lowest BCUT2D eigenvalue weighted by molar-refractivity contribution is 0.474. The van der Waals surface area contributed by atoms with E-state index in [2.05, 4.69) is 41.2 Å². The van der Waals surface area contributed by atoms with Crippen LogP contribution in [0.2, 0.25) is 0 Å². The molecule has 0 atom stereocenters. The highest BCUT2D eigenvalue weighted by Gasteiger charge is 2.03. The summed E-state index contributed by atoms with van der Waals surface area (Å²) in [5.74, 6) is 0.152. The molecule has 0 amide bonds. The van der Waals surface area contributed by atoms with Crippen molar-refractivity contribution in [3.63, 3.8) is 0 Å². The first kappa shape index (κ1) is 18.6. The van der Waals surface area contributed by atoms with E-state index in [1.54, 1.807) is 24.4 Å². The Morgan fingerprint density at radius 3 is 2.28 bits per heavy atom. The van der Waals surface area contributed by atoms with E-state index < -0.39 is 0 Å². The number of aryl methyl sites for hydroxylation is 2. The molecule has 0 fully saturated rings. The van der Waals surface area contributed by atoms with Gasteiger partial charge in [-0.2, -0.15) is 10.2 Å². The number of fused-ring (bicyclic) bond motifs is 1. The molecule has 1 N–H and O–H groups in total. The molecule has 0 aliphatic heterocycles. The summed E-state index contributed by atoms with van der Waals surface area (Å²) in [5.41, 5.74) is 5.29. The summed E-state index contributed by atoms with van der Waals surface area (Å²) in [7, 11) is 0. The molecule has 0 aromatic heterocycles. The maximum Gasteiger partial charge on any atom is 0.124 e. The van der Waals surface area contributed by atoms with Gasteiger partial charge < -0.3 is 5.11 Å². The molecule has 0 spiro atoms. The van der Waals surface area contributed by atoms with Gasteiger partial charge in [0.2, 0.25) is 0 Å². The molecule has 142 valence electrons. The average molecular weight is 379 g/mol. The van der Waals surface area contributed by atoms with Gasteiger partial charge in [-0.3, -0.25) is 4.99 Å². The van der Waals surface area contributed by atoms with Gasteiger partial charge in [0.05, 0.1) is 17.1 Å². The zero-order chi connectivity index (χ0) is 20.2. The number of hydrogen-bond donors (Lipinski definition) is 1. The number of azo groups is 1. The highest BCUT2D eigenvalue weighted by molar-refractivity contribution is 5.96. The van der Waals surface area contributed by atoms with Crippen LogP contribution < -0.4 is 0 Å². The Labute approximate surface area is 169 Å². The molecule has 0 saturated heterocycles. The van der Waals surface area contributed by atoms with E-state index in [0.717, 1.165) is 22.1 Å². The van der Waals surface area contributed by atoms with Crippen LogP contribution in [-0.2, 0) is 0 Å². The van der Waals surface area contributed by atoms with Crippen LogP contribution in [0.1, 0.15) is 16.7 Å². The van der Waals surface area contributed by atoms with Gasteiger partial charge in [0.15, 0.2) is 0 Å². The van der Waals surface area contributed by atoms with Crippen molar-refractivity contribution in [3.8, 4) is 5.75 Å². The molecule has 4 heteroatoms. The summed E-state index contributed by atoms with van der Waals surface area (Å²) < 4.78 is 0. The van der Waals surface area contributed by atoms with Crippen molar-refractivity contribution in [2.75, 3.05) is 0 Å². The first-order valence-corrected chi connectivity index (χ1v) is 9.44. The summed E-state index contributed by atoms with van der Waals surface area (Å²) in [5, 5.41) is 21.0. The van der Waals surface area contributed by atoms with Gasteiger partial charge in [-0.1, -0.05) is 42.5 Å². The molecular formula is C25H21N3O. The molecule has 4 aromatic carbocycles. The van der Waals surface area contributed by atoms with Crippen molar-refractivity contribution < 1.29 is 5.11 Å². The summed E-state index contributed by atoms with van der Waals surface area (Å²) in [6.07, 6.45) is 1.66. The second kappa shape index (κ2) is 8.07. The van der Waals surface area contributed by atoms with Crippen LogP contribution in [-0.4, -0.2) is 11.3 Å². The van der Waals surface area contributed by atoms with Crippen molar-refractivity contribution >= 4 is 34.0 Å². The topological polar surface area (TPSA) is 57.3 Å². The quantitative estimate of drug-likeness (QED) is 0.293. The van der Waals surface area contributed by atoms with Crippen molar-refractivity contribution in [3.05, 3.63) is 95.6 Å². The van der Waals surface area contributed by atoms with Gasteiger partial charge in [-0.15, -0.1) is 0 Å². The van der Waals surface area contributed by atoms with Crippen LogP contribution >= 0.6 is 0 Å². The highest BCUT2D eigenvalue weighted by Crippen LogP contribution is 2.28. The lowest BCUT2D eigenvalue weighted by Gasteiger charge is -2.03. The highest BCUT2D eigenvalue weighted by atomic mass is 16.3. The first-order chi connectivity index (χ1) is 14.1. The minimum atomic E-state index is 0.152. The lowest BCUT2D eigenvalue weighted by atomic mass is 10.1. The second-order valence-corrected chi connectivity index (χ2v) is 6.97. The predicted octanol–water partition coefficient (Wildman–Crippen LogP) is 7.33. The third kappa shape index (κ3) is 4.22. The number of phenols is 1. The number of aliphatic imine (C=N–C) groups is 1. The largest absolute Gasteiger partial charge is 0.507 e. The number of phenolic OH excluding ortho intramolecular Hbond substituents is 1. The zero-order valence-corrected chi connectivity index (χ0v) is 16.4. The Hall–Kier alpha value is -3.79. The van der Waals surface area contributed by atoms with Gasteiger partial charge in [0, 0.05) is 17.2 Å². The van der Waals surface area contributed by atoms with Crippen molar-refractivity contribution in [1.29, 1.82) is 0 Å². The molecule has 29 heavy (non-hydrogen) atoms. The molecule has 4 nitrogen and oxygen atoms in total. The fourth-order valence-corrected chi connectivity index (χ4v) is 3.07. The van der Waals surface area contributed by atoms with Gasteiger partial charge in [0.1, 0.15) is 5.75 Å². The van der Waals surface area contributed by atoms with Crippen molar-refractivity contribution in [2.45, 2.75) is 13.8 Å². The Balaban J connectivity index is 1.62. The van der Waals surface area contributed by atoms with Crippen LogP contribution in [0.4, 0.5) is 17.1 Å². The fraction of sp³-hybridized carbons (Fsp3) is 0.0800. The summed E-state index contributed by atoms with van der Waals surface area (Å²) >= 11 is 0. The molecule has 4 aromatic rings. The molecule has 0 bridgehead atoms. The summed E-state index contributed by atoms with van der Waals surface area (Å²) in [6.45, 7) is 4.12. The van der Waals surface area contributed by atoms with E-state index in [4.69, 9.17) is 0 Å². The van der Waals surface area contributed by atoms with Crippen LogP contribution in [0.25, 0.3) is 10.8 Å². The van der Waals surface area contributed by atoms with Crippen molar-refractivity contribution in [2.24, 2.45) is 15.2 Å². The average Bonchev–Trinajstić information content (AvgIpc) is 2.74. The molecule has 0 unspecified atom stereocenters. The number of benzene rings is 4. The molecular weight excluding hydrogens is 358 g/mol. The standard InChI is InChI=1S/C25H21N3O/c1-17-10-11-21(14-18(17)2)27-28-22-12-13-25(29)20(15-22)16-26-24-9-5-7-19-6-3-4-8-23(19)24/h3-16,29H,1-2H3. The summed E-state index contributed by atoms with van der Waals surface area (Å²) in [4.78, 5) is 4.59. The zero-order valence-electron chi connectivity index (χ0n) is 16.4. The molecule has 0 saturated carbocycles. The van der Waals surface area contributed by atoms with Crippen LogP contribution in [0, 0.1) is 13.8 Å². The van der Waals surface area contributed by atoms with Crippen LogP contribution in [0.3, 0.4) is 0 Å². The van der Waals surface area contributed by atoms with Gasteiger partial charge in [-0.05, 0) is 66.8 Å². The van der Waals surface area contributed by atoms with E-state index in [-0.39, 0.29) is 5.75 Å². The number of nitrogens with zero attached hydrogens (tertiary/aromatic N) is 3. The molecule has 0 aliphatic carbocycles. The van der Waals surface area contributed by atoms with Crippen LogP contribution in [0.15, 0.2) is 94.1 Å². The van der Waals surface area contributed by atoms with E-state index in [9.17, 15) is 5.11 Å². The smallest absolute Gasteiger partial charge is 0.124 e. The Morgan fingerprint density at radius 2 is 1.45 bits per heavy atom. The molecule has 4 rings (SSSR count). The number of hydrogen-bond acceptors (Lipinski definition) is 4. The fourth-order valence-electron chi connectivity index (χ4n) is 3.07. The second-order valence-electron chi connectivity index (χ2n) is 6.97. The molecule has 0 heterocycles. The Kier molecular flexibility index (Phi) is 5.16. The van der Waals surface area contributed by atoms with Crippen molar-refractivity contribution in [1.82, 2.24) is 0 Å². The van der Waals surface area contributed by atoms with E-state index in [1.165, 1.54) is 11.1 Å². The summed E-state index contributed by atoms with van der Waals surface area (Å²) in [6, 6.07) is 25.2. The minimum absolute atomic E-state index is 0.152. The minimum Gasteiger partial charge on any atom is -0.507 e. The third-order valence-electron chi connectivity index (χ3n) is 4.89. The predicted molar refractivity (Wildman–Crippen MR) is 119 cm³/mol. The third-order valence-corrected chi connectivity index (χ3v) is 4.89. The first-order valence-electron chi connectivity index (χ1n) is 9.44. The van der Waals surface area contributed by atoms with Crippen LogP contribution in [0.5, 0.6) is 5.75 Å². The number of rotatable bonds is 4. The van der Waals surface area contributed by atoms with Gasteiger partial charge in [0.25, 0.3) is 0 Å². The number of aromatic hydroxyl groups is 1. The van der Waals surface area contributed by atoms with Gasteiger partial charge >= 0.3 is 0 Å². The van der Waals surface area contributed by atoms with E-state index in [1.807, 2.05) is 48.5 Å². The SMILES string of the molecule is Cc1ccc(N=Nc2ccc(O)c(C=Nc3cccc4ccccc34)c2)cc1C. The maximum atomic E-state index is 10.2. The lowest BCUT2D eigenvalue weighted by Crippen LogP contribution is -1.82. The normalized spacial score (nSPS) is 11.7. The molecule has 0 aliphatic rings.